The standard InChI is InChI=1S/C51H73NO13/c1-10-16-37-24-30(2)23-31(3)25-43(61-8)46-44(62-9)27-33(5)51(59,65-46)47(55)48(56)52-22-15-14-19-38(52)50(58)64-45(34(6)39(53)29-40(37)54)32(4)26-35-20-21-41(42(28-35)60-7)63-49(57)36-17-12-11-13-18-36/h10-13,17-18,24,26,31,33-35,37-39,41-46,53,59H,1,14-16,19-23,25,27-29H2,2-9H3. The van der Waals surface area contributed by atoms with Gasteiger partial charge in [-0.1, -0.05) is 62.8 Å². The van der Waals surface area contributed by atoms with E-state index in [-0.39, 0.29) is 43.4 Å². The maximum atomic E-state index is 14.5. The molecule has 0 aromatic heterocycles. The van der Waals surface area contributed by atoms with Crippen molar-refractivity contribution in [3.8, 4) is 0 Å². The van der Waals surface area contributed by atoms with E-state index in [0.29, 0.717) is 62.5 Å². The molecule has 14 atom stereocenters. The highest BCUT2D eigenvalue weighted by Crippen LogP contribution is 2.39. The molecule has 1 aliphatic carbocycles. The van der Waals surface area contributed by atoms with Gasteiger partial charge in [-0.15, -0.1) is 6.58 Å². The maximum Gasteiger partial charge on any atom is 0.338 e. The number of rotatable bonds is 9. The van der Waals surface area contributed by atoms with Crippen molar-refractivity contribution in [1.82, 2.24) is 4.90 Å². The number of esters is 2. The SMILES string of the molecule is C=CCC1C=C(C)CC(C)CC(OC)C2OC(O)(C(=O)C(=O)N3CCCCC3C(=O)OC(C(C)=CC3CCC(OC(=O)c4ccccc4)C(OC)C3)C(C)C(O)CC1=O)C(C)CC2OC. The number of ketones is 2. The highest BCUT2D eigenvalue weighted by Gasteiger charge is 2.56. The van der Waals surface area contributed by atoms with Gasteiger partial charge in [-0.05, 0) is 108 Å². The fourth-order valence-corrected chi connectivity index (χ4v) is 10.3. The van der Waals surface area contributed by atoms with Crippen molar-refractivity contribution in [3.05, 3.63) is 71.8 Å². The molecule has 4 aliphatic rings. The number of benzene rings is 1. The molecule has 1 aromatic rings. The summed E-state index contributed by atoms with van der Waals surface area (Å²) >= 11 is 0. The van der Waals surface area contributed by atoms with Crippen LogP contribution in [0.2, 0.25) is 0 Å². The molecule has 65 heavy (non-hydrogen) atoms. The lowest BCUT2D eigenvalue weighted by atomic mass is 9.81. The van der Waals surface area contributed by atoms with Gasteiger partial charge in [0.1, 0.15) is 30.1 Å². The molecule has 3 fully saturated rings. The molecule has 1 amide bonds. The number of hydrogen-bond donors (Lipinski definition) is 2. The van der Waals surface area contributed by atoms with E-state index >= 15 is 0 Å². The highest BCUT2D eigenvalue weighted by atomic mass is 16.7. The number of hydrogen-bond acceptors (Lipinski definition) is 13. The van der Waals surface area contributed by atoms with E-state index in [1.54, 1.807) is 51.3 Å². The average molecular weight is 908 g/mol. The molecule has 0 radical (unpaired) electrons. The Morgan fingerprint density at radius 1 is 0.908 bits per heavy atom. The first-order chi connectivity index (χ1) is 30.9. The molecule has 1 aromatic carbocycles. The molecule has 0 spiro atoms. The Balaban J connectivity index is 1.49. The van der Waals surface area contributed by atoms with Gasteiger partial charge in [0.2, 0.25) is 5.79 Å². The zero-order valence-electron chi connectivity index (χ0n) is 39.6. The molecule has 5 rings (SSSR count). The predicted octanol–water partition coefficient (Wildman–Crippen LogP) is 6.50. The fourth-order valence-electron chi connectivity index (χ4n) is 10.3. The van der Waals surface area contributed by atoms with Gasteiger partial charge in [0.05, 0.1) is 30.0 Å². The zero-order valence-corrected chi connectivity index (χ0v) is 39.6. The van der Waals surface area contributed by atoms with Crippen LogP contribution >= 0.6 is 0 Å². The molecule has 14 unspecified atom stereocenters. The van der Waals surface area contributed by atoms with Gasteiger partial charge >= 0.3 is 11.9 Å². The summed E-state index contributed by atoms with van der Waals surface area (Å²) in [5.74, 6) is -8.46. The summed E-state index contributed by atoms with van der Waals surface area (Å²) in [4.78, 5) is 71.4. The number of fused-ring (bicyclic) bond motifs is 3. The first-order valence-electron chi connectivity index (χ1n) is 23.4. The van der Waals surface area contributed by atoms with Crippen LogP contribution in [0.5, 0.6) is 0 Å². The molecule has 2 bridgehead atoms. The van der Waals surface area contributed by atoms with Crippen LogP contribution in [0.15, 0.2) is 66.3 Å². The van der Waals surface area contributed by atoms with E-state index in [2.05, 4.69) is 6.58 Å². The van der Waals surface area contributed by atoms with Crippen LogP contribution < -0.4 is 0 Å². The summed E-state index contributed by atoms with van der Waals surface area (Å²) in [6, 6.07) is 7.59. The number of methoxy groups -OCH3 is 3. The quantitative estimate of drug-likeness (QED) is 0.156. The fraction of sp³-hybridized carbons (Fsp3) is 0.667. The minimum atomic E-state index is -2.53. The molecular formula is C51H73NO13. The lowest BCUT2D eigenvalue weighted by Crippen LogP contribution is -2.64. The molecule has 2 N–H and O–H groups in total. The normalized spacial score (nSPS) is 36.4. The number of cyclic esters (lactones) is 1. The van der Waals surface area contributed by atoms with Crippen LogP contribution in [-0.2, 0) is 47.6 Å². The number of carbonyl (C=O) groups is 5. The highest BCUT2D eigenvalue weighted by molar-refractivity contribution is 6.39. The van der Waals surface area contributed by atoms with Crippen molar-refractivity contribution >= 4 is 29.4 Å². The summed E-state index contributed by atoms with van der Waals surface area (Å²) < 4.78 is 36.1. The van der Waals surface area contributed by atoms with Crippen LogP contribution in [-0.4, -0.2) is 127 Å². The Kier molecular flexibility index (Phi) is 18.9. The zero-order chi connectivity index (χ0) is 47.6. The van der Waals surface area contributed by atoms with Gasteiger partial charge in [0.25, 0.3) is 11.7 Å². The molecule has 360 valence electrons. The predicted molar refractivity (Wildman–Crippen MR) is 242 cm³/mol. The number of ether oxygens (including phenoxy) is 6. The number of carbonyl (C=O) groups excluding carboxylic acids is 5. The van der Waals surface area contributed by atoms with Gasteiger partial charge in [0.15, 0.2) is 0 Å². The summed E-state index contributed by atoms with van der Waals surface area (Å²) in [7, 11) is 4.62. The van der Waals surface area contributed by atoms with E-state index in [1.165, 1.54) is 19.1 Å². The maximum absolute atomic E-state index is 14.5. The number of aliphatic hydroxyl groups is 2. The topological polar surface area (TPSA) is 184 Å². The second-order valence-corrected chi connectivity index (χ2v) is 19.0. The van der Waals surface area contributed by atoms with E-state index in [4.69, 9.17) is 28.4 Å². The van der Waals surface area contributed by atoms with Gasteiger partial charge in [-0.2, -0.15) is 0 Å². The molecule has 2 saturated heterocycles. The van der Waals surface area contributed by atoms with Crippen molar-refractivity contribution in [2.24, 2.45) is 29.6 Å². The van der Waals surface area contributed by atoms with Crippen molar-refractivity contribution in [1.29, 1.82) is 0 Å². The van der Waals surface area contributed by atoms with Crippen molar-refractivity contribution in [3.63, 3.8) is 0 Å². The van der Waals surface area contributed by atoms with Gasteiger partial charge in [0, 0.05) is 52.0 Å². The summed E-state index contributed by atoms with van der Waals surface area (Å²) in [5, 5.41) is 24.0. The Labute approximate surface area is 385 Å². The molecular weight excluding hydrogens is 835 g/mol. The van der Waals surface area contributed by atoms with Crippen LogP contribution in [0.25, 0.3) is 0 Å². The van der Waals surface area contributed by atoms with Crippen LogP contribution in [0, 0.1) is 29.6 Å². The second kappa shape index (κ2) is 23.6. The Bertz CT molecular complexity index is 1880. The lowest BCUT2D eigenvalue weighted by Gasteiger charge is -2.47. The molecule has 14 nitrogen and oxygen atoms in total. The Morgan fingerprint density at radius 3 is 2.25 bits per heavy atom. The van der Waals surface area contributed by atoms with Gasteiger partial charge in [-0.3, -0.25) is 14.4 Å². The number of amides is 1. The van der Waals surface area contributed by atoms with E-state index in [1.807, 2.05) is 39.0 Å². The average Bonchev–Trinajstić information content (AvgIpc) is 3.29. The molecule has 3 aliphatic heterocycles. The summed E-state index contributed by atoms with van der Waals surface area (Å²) in [5.41, 5.74) is 2.01. The minimum absolute atomic E-state index is 0.00685. The van der Waals surface area contributed by atoms with Crippen LogP contribution in [0.3, 0.4) is 0 Å². The molecule has 3 heterocycles. The van der Waals surface area contributed by atoms with Crippen molar-refractivity contribution < 1.29 is 62.6 Å². The van der Waals surface area contributed by atoms with Crippen molar-refractivity contribution in [2.75, 3.05) is 27.9 Å². The van der Waals surface area contributed by atoms with E-state index in [0.717, 1.165) is 5.57 Å². The van der Waals surface area contributed by atoms with Gasteiger partial charge in [-0.25, -0.2) is 9.59 Å². The van der Waals surface area contributed by atoms with Crippen LogP contribution in [0.4, 0.5) is 0 Å². The molecule has 1 saturated carbocycles. The third kappa shape index (κ3) is 12.7. The Hall–Kier alpha value is -4.05. The largest absolute Gasteiger partial charge is 0.456 e. The Morgan fingerprint density at radius 2 is 1.58 bits per heavy atom. The number of aliphatic hydroxyl groups excluding tert-OH is 1. The second-order valence-electron chi connectivity index (χ2n) is 19.0. The third-order valence-corrected chi connectivity index (χ3v) is 14.1. The number of Topliss-reactive ketones (excluding diaryl/α,β-unsaturated/α-hetero) is 2. The lowest BCUT2D eigenvalue weighted by molar-refractivity contribution is -0.302. The minimum Gasteiger partial charge on any atom is -0.456 e. The third-order valence-electron chi connectivity index (χ3n) is 14.1. The smallest absolute Gasteiger partial charge is 0.338 e. The monoisotopic (exact) mass is 908 g/mol. The number of nitrogens with zero attached hydrogens (tertiary/aromatic N) is 1. The van der Waals surface area contributed by atoms with Crippen molar-refractivity contribution in [2.45, 2.75) is 160 Å². The van der Waals surface area contributed by atoms with Gasteiger partial charge < -0.3 is 43.5 Å². The van der Waals surface area contributed by atoms with Crippen LogP contribution in [0.1, 0.15) is 116 Å². The van der Waals surface area contributed by atoms with E-state index < -0.39 is 95.9 Å². The summed E-state index contributed by atoms with van der Waals surface area (Å²) in [6.45, 7) is 13.1. The number of allylic oxidation sites excluding steroid dienone is 4. The molecule has 14 heteroatoms. The number of piperidine rings is 1. The summed E-state index contributed by atoms with van der Waals surface area (Å²) in [6.07, 6.45) is 4.58. The first kappa shape index (κ1) is 51.9. The van der Waals surface area contributed by atoms with E-state index in [9.17, 15) is 34.2 Å². The first-order valence-corrected chi connectivity index (χ1v) is 23.4.